The molecule has 1 atom stereocenters. The van der Waals surface area contributed by atoms with Gasteiger partial charge in [-0.3, -0.25) is 4.79 Å². The van der Waals surface area contributed by atoms with Crippen LogP contribution in [0.25, 0.3) is 0 Å². The Hall–Kier alpha value is -1.26. The summed E-state index contributed by atoms with van der Waals surface area (Å²) in [4.78, 5) is 12.8. The van der Waals surface area contributed by atoms with E-state index in [1.165, 1.54) is 0 Å². The Balaban J connectivity index is 2.11. The first-order valence-corrected chi connectivity index (χ1v) is 7.16. The largest absolute Gasteiger partial charge is 0.345 e. The lowest BCUT2D eigenvalue weighted by Gasteiger charge is -2.15. The van der Waals surface area contributed by atoms with Gasteiger partial charge in [-0.2, -0.15) is 0 Å². The first-order valence-electron chi connectivity index (χ1n) is 5.92. The Morgan fingerprint density at radius 1 is 1.16 bits per heavy atom. The highest BCUT2D eigenvalue weighted by atomic mass is 79.9. The lowest BCUT2D eigenvalue weighted by atomic mass is 10.1. The van der Waals surface area contributed by atoms with Crippen molar-refractivity contribution in [2.75, 3.05) is 0 Å². The van der Waals surface area contributed by atoms with Crippen molar-refractivity contribution in [2.45, 2.75) is 17.9 Å². The third kappa shape index (κ3) is 3.61. The van der Waals surface area contributed by atoms with E-state index in [9.17, 15) is 4.79 Å². The van der Waals surface area contributed by atoms with E-state index in [4.69, 9.17) is 0 Å². The summed E-state index contributed by atoms with van der Waals surface area (Å²) in [5, 5.41) is 2.97. The second-order valence-electron chi connectivity index (χ2n) is 4.26. The van der Waals surface area contributed by atoms with Crippen molar-refractivity contribution < 1.29 is 4.79 Å². The molecule has 0 bridgehead atoms. The molecule has 0 saturated heterocycles. The van der Waals surface area contributed by atoms with E-state index >= 15 is 0 Å². The quantitative estimate of drug-likeness (QED) is 0.807. The highest BCUT2D eigenvalue weighted by Gasteiger charge is 2.13. The fraction of sp³-hybridized carbons (Fsp3) is 0.133. The molecule has 2 aromatic rings. The minimum Gasteiger partial charge on any atom is -0.345 e. The molecule has 19 heavy (non-hydrogen) atoms. The molecule has 0 fully saturated rings. The standard InChI is InChI=1S/C15H14BrNOS/c1-10(11-6-8-12(16)9-7-11)17-15(18)13-4-2-3-5-14(13)19/h2-10,19H,1H3,(H,17,18). The monoisotopic (exact) mass is 335 g/mol. The molecular formula is C15H14BrNOS. The summed E-state index contributed by atoms with van der Waals surface area (Å²) >= 11 is 7.69. The van der Waals surface area contributed by atoms with Gasteiger partial charge in [0.1, 0.15) is 0 Å². The zero-order valence-electron chi connectivity index (χ0n) is 10.4. The van der Waals surface area contributed by atoms with Crippen LogP contribution in [0.4, 0.5) is 0 Å². The number of halogens is 1. The van der Waals surface area contributed by atoms with Gasteiger partial charge in [0.15, 0.2) is 0 Å². The summed E-state index contributed by atoms with van der Waals surface area (Å²) in [5.41, 5.74) is 1.66. The van der Waals surface area contributed by atoms with Crippen LogP contribution in [0.15, 0.2) is 57.9 Å². The molecule has 2 rings (SSSR count). The predicted molar refractivity (Wildman–Crippen MR) is 83.7 cm³/mol. The maximum absolute atomic E-state index is 12.1. The van der Waals surface area contributed by atoms with Gasteiger partial charge in [0, 0.05) is 9.37 Å². The van der Waals surface area contributed by atoms with E-state index in [1.54, 1.807) is 6.07 Å². The van der Waals surface area contributed by atoms with Crippen molar-refractivity contribution >= 4 is 34.5 Å². The zero-order valence-corrected chi connectivity index (χ0v) is 12.9. The molecule has 0 aromatic heterocycles. The average molecular weight is 336 g/mol. The molecule has 0 saturated carbocycles. The van der Waals surface area contributed by atoms with Crippen molar-refractivity contribution in [3.05, 3.63) is 64.1 Å². The first-order chi connectivity index (χ1) is 9.08. The summed E-state index contributed by atoms with van der Waals surface area (Å²) in [7, 11) is 0. The molecule has 0 spiro atoms. The molecule has 1 amide bonds. The van der Waals surface area contributed by atoms with Crippen LogP contribution in [0.2, 0.25) is 0 Å². The highest BCUT2D eigenvalue weighted by Crippen LogP contribution is 2.18. The second-order valence-corrected chi connectivity index (χ2v) is 5.66. The molecule has 0 aliphatic heterocycles. The zero-order chi connectivity index (χ0) is 13.8. The molecule has 0 aliphatic rings. The number of rotatable bonds is 3. The first kappa shape index (κ1) is 14.2. The highest BCUT2D eigenvalue weighted by molar-refractivity contribution is 9.10. The number of carbonyl (C=O) groups is 1. The van der Waals surface area contributed by atoms with Gasteiger partial charge in [0.05, 0.1) is 11.6 Å². The Bertz CT molecular complexity index is 583. The maximum Gasteiger partial charge on any atom is 0.252 e. The molecule has 2 aromatic carbocycles. The molecule has 2 nitrogen and oxygen atoms in total. The van der Waals surface area contributed by atoms with E-state index in [2.05, 4.69) is 33.9 Å². The Kier molecular flexibility index (Phi) is 4.66. The van der Waals surface area contributed by atoms with Crippen LogP contribution >= 0.6 is 28.6 Å². The summed E-state index contributed by atoms with van der Waals surface area (Å²) in [6.07, 6.45) is 0. The van der Waals surface area contributed by atoms with E-state index in [-0.39, 0.29) is 11.9 Å². The van der Waals surface area contributed by atoms with Crippen LogP contribution in [0.3, 0.4) is 0 Å². The van der Waals surface area contributed by atoms with Crippen molar-refractivity contribution in [3.8, 4) is 0 Å². The summed E-state index contributed by atoms with van der Waals surface area (Å²) in [6.45, 7) is 1.96. The van der Waals surface area contributed by atoms with Gasteiger partial charge in [0.2, 0.25) is 0 Å². The number of hydrogen-bond acceptors (Lipinski definition) is 2. The third-order valence-corrected chi connectivity index (χ3v) is 3.78. The van der Waals surface area contributed by atoms with Crippen molar-refractivity contribution in [3.63, 3.8) is 0 Å². The molecular weight excluding hydrogens is 322 g/mol. The van der Waals surface area contributed by atoms with Gasteiger partial charge in [-0.25, -0.2) is 0 Å². The molecule has 1 unspecified atom stereocenters. The van der Waals surface area contributed by atoms with Gasteiger partial charge in [-0.05, 0) is 36.8 Å². The number of thiol groups is 1. The normalized spacial score (nSPS) is 11.9. The van der Waals surface area contributed by atoms with Gasteiger partial charge in [-0.1, -0.05) is 40.2 Å². The fourth-order valence-electron chi connectivity index (χ4n) is 1.77. The van der Waals surface area contributed by atoms with Gasteiger partial charge < -0.3 is 5.32 Å². The Labute approximate surface area is 126 Å². The third-order valence-electron chi connectivity index (χ3n) is 2.87. The topological polar surface area (TPSA) is 29.1 Å². The van der Waals surface area contributed by atoms with Crippen LogP contribution in [-0.2, 0) is 0 Å². The van der Waals surface area contributed by atoms with Crippen LogP contribution in [-0.4, -0.2) is 5.91 Å². The number of amides is 1. The van der Waals surface area contributed by atoms with Crippen LogP contribution in [0.5, 0.6) is 0 Å². The number of benzene rings is 2. The number of hydrogen-bond donors (Lipinski definition) is 2. The molecule has 0 heterocycles. The minimum absolute atomic E-state index is 0.0476. The molecule has 4 heteroatoms. The predicted octanol–water partition coefficient (Wildman–Crippen LogP) is 4.23. The van der Waals surface area contributed by atoms with E-state index < -0.39 is 0 Å². The van der Waals surface area contributed by atoms with Crippen molar-refractivity contribution in [1.82, 2.24) is 5.32 Å². The van der Waals surface area contributed by atoms with Gasteiger partial charge >= 0.3 is 0 Å². The van der Waals surface area contributed by atoms with Gasteiger partial charge in [0.25, 0.3) is 5.91 Å². The summed E-state index contributed by atoms with van der Waals surface area (Å²) < 4.78 is 1.02. The molecule has 0 radical (unpaired) electrons. The minimum atomic E-state index is -0.110. The van der Waals surface area contributed by atoms with Crippen molar-refractivity contribution in [1.29, 1.82) is 0 Å². The van der Waals surface area contributed by atoms with E-state index in [0.29, 0.717) is 10.5 Å². The van der Waals surface area contributed by atoms with Crippen LogP contribution < -0.4 is 5.32 Å². The maximum atomic E-state index is 12.1. The fourth-order valence-corrected chi connectivity index (χ4v) is 2.30. The molecule has 98 valence electrons. The summed E-state index contributed by atoms with van der Waals surface area (Å²) in [5.74, 6) is -0.110. The Morgan fingerprint density at radius 3 is 2.42 bits per heavy atom. The smallest absolute Gasteiger partial charge is 0.252 e. The Morgan fingerprint density at radius 2 is 1.79 bits per heavy atom. The van der Waals surface area contributed by atoms with Gasteiger partial charge in [-0.15, -0.1) is 12.6 Å². The summed E-state index contributed by atoms with van der Waals surface area (Å²) in [6, 6.07) is 15.1. The average Bonchev–Trinajstić information content (AvgIpc) is 2.39. The second kappa shape index (κ2) is 6.26. The van der Waals surface area contributed by atoms with Crippen LogP contribution in [0.1, 0.15) is 28.9 Å². The van der Waals surface area contributed by atoms with Crippen molar-refractivity contribution in [2.24, 2.45) is 0 Å². The number of carbonyl (C=O) groups excluding carboxylic acids is 1. The molecule has 0 aliphatic carbocycles. The lowest BCUT2D eigenvalue weighted by molar-refractivity contribution is 0.0937. The van der Waals surface area contributed by atoms with E-state index in [0.717, 1.165) is 10.0 Å². The SMILES string of the molecule is CC(NC(=O)c1ccccc1S)c1ccc(Br)cc1. The number of nitrogens with one attached hydrogen (secondary N) is 1. The lowest BCUT2D eigenvalue weighted by Crippen LogP contribution is -2.26. The molecule has 1 N–H and O–H groups in total. The van der Waals surface area contributed by atoms with Crippen LogP contribution in [0, 0.1) is 0 Å². The van der Waals surface area contributed by atoms with E-state index in [1.807, 2.05) is 49.4 Å².